The third-order valence-electron chi connectivity index (χ3n) is 1.31. The lowest BCUT2D eigenvalue weighted by Gasteiger charge is -2.11. The Labute approximate surface area is 72.3 Å². The fourth-order valence-electron chi connectivity index (χ4n) is 0.686. The molecule has 3 nitrogen and oxygen atoms in total. The summed E-state index contributed by atoms with van der Waals surface area (Å²) in [4.78, 5) is 0. The van der Waals surface area contributed by atoms with Gasteiger partial charge in [-0.25, -0.2) is 0 Å². The van der Waals surface area contributed by atoms with Gasteiger partial charge in [0.2, 0.25) is 0 Å². The van der Waals surface area contributed by atoms with Gasteiger partial charge in [-0.15, -0.1) is 11.6 Å². The van der Waals surface area contributed by atoms with Gasteiger partial charge in [-0.05, 0) is 12.3 Å². The van der Waals surface area contributed by atoms with Crippen molar-refractivity contribution in [1.82, 2.24) is 0 Å². The standard InChI is InChI=1S/C7H15ClO3/c1-10-6-11-5-7(4-8)2-3-9/h7,9H,2-6H2,1H3/t7-/m0/s1. The zero-order valence-corrected chi connectivity index (χ0v) is 7.51. The van der Waals surface area contributed by atoms with E-state index >= 15 is 0 Å². The van der Waals surface area contributed by atoms with Gasteiger partial charge in [0.05, 0.1) is 6.61 Å². The SMILES string of the molecule is COCOC[C@H](CCl)CCO. The van der Waals surface area contributed by atoms with Crippen molar-refractivity contribution in [3.63, 3.8) is 0 Å². The lowest BCUT2D eigenvalue weighted by Crippen LogP contribution is -2.14. The predicted octanol–water partition coefficient (Wildman–Crippen LogP) is 0.844. The minimum Gasteiger partial charge on any atom is -0.396 e. The van der Waals surface area contributed by atoms with Crippen LogP contribution in [0.5, 0.6) is 0 Å². The van der Waals surface area contributed by atoms with Crippen molar-refractivity contribution in [3.8, 4) is 0 Å². The van der Waals surface area contributed by atoms with E-state index in [2.05, 4.69) is 4.74 Å². The second kappa shape index (κ2) is 8.27. The minimum absolute atomic E-state index is 0.160. The largest absolute Gasteiger partial charge is 0.396 e. The molecule has 0 fully saturated rings. The Morgan fingerprint density at radius 3 is 2.73 bits per heavy atom. The number of halogens is 1. The number of hydrogen-bond donors (Lipinski definition) is 1. The van der Waals surface area contributed by atoms with Crippen LogP contribution >= 0.6 is 11.6 Å². The number of rotatable bonds is 7. The Kier molecular flexibility index (Phi) is 8.40. The number of methoxy groups -OCH3 is 1. The molecule has 1 atom stereocenters. The van der Waals surface area contributed by atoms with E-state index in [1.165, 1.54) is 0 Å². The van der Waals surface area contributed by atoms with E-state index in [0.717, 1.165) is 0 Å². The van der Waals surface area contributed by atoms with Gasteiger partial charge < -0.3 is 14.6 Å². The molecule has 0 amide bonds. The summed E-state index contributed by atoms with van der Waals surface area (Å²) in [5.74, 6) is 0.751. The quantitative estimate of drug-likeness (QED) is 0.360. The maximum absolute atomic E-state index is 8.58. The summed E-state index contributed by atoms with van der Waals surface area (Å²) in [5.41, 5.74) is 0. The van der Waals surface area contributed by atoms with Crippen molar-refractivity contribution < 1.29 is 14.6 Å². The van der Waals surface area contributed by atoms with Gasteiger partial charge in [0.25, 0.3) is 0 Å². The van der Waals surface area contributed by atoms with Crippen LogP contribution in [0.1, 0.15) is 6.42 Å². The molecule has 0 aromatic heterocycles. The molecular weight excluding hydrogens is 168 g/mol. The highest BCUT2D eigenvalue weighted by atomic mass is 35.5. The smallest absolute Gasteiger partial charge is 0.146 e. The van der Waals surface area contributed by atoms with E-state index < -0.39 is 0 Å². The molecule has 0 aliphatic carbocycles. The number of aliphatic hydroxyl groups excluding tert-OH is 1. The number of hydrogen-bond acceptors (Lipinski definition) is 3. The highest BCUT2D eigenvalue weighted by Gasteiger charge is 2.05. The maximum atomic E-state index is 8.58. The molecule has 0 unspecified atom stereocenters. The molecule has 0 aromatic carbocycles. The Morgan fingerprint density at radius 1 is 1.55 bits per heavy atom. The highest BCUT2D eigenvalue weighted by Crippen LogP contribution is 2.05. The Bertz CT molecular complexity index is 80.1. The number of ether oxygens (including phenoxy) is 2. The van der Waals surface area contributed by atoms with Crippen LogP contribution in [0.25, 0.3) is 0 Å². The molecule has 0 spiro atoms. The molecule has 68 valence electrons. The highest BCUT2D eigenvalue weighted by molar-refractivity contribution is 6.18. The van der Waals surface area contributed by atoms with Gasteiger partial charge in [0, 0.05) is 19.6 Å². The molecule has 0 aliphatic heterocycles. The van der Waals surface area contributed by atoms with Crippen molar-refractivity contribution in [1.29, 1.82) is 0 Å². The van der Waals surface area contributed by atoms with Crippen LogP contribution in [0, 0.1) is 5.92 Å². The first-order valence-corrected chi connectivity index (χ1v) is 4.12. The van der Waals surface area contributed by atoms with Gasteiger partial charge in [-0.2, -0.15) is 0 Å². The molecule has 0 saturated carbocycles. The van der Waals surface area contributed by atoms with Crippen molar-refractivity contribution in [2.24, 2.45) is 5.92 Å². The summed E-state index contributed by atoms with van der Waals surface area (Å²) in [7, 11) is 1.57. The maximum Gasteiger partial charge on any atom is 0.146 e. The van der Waals surface area contributed by atoms with Crippen LogP contribution in [0.3, 0.4) is 0 Å². The molecule has 0 aromatic rings. The van der Waals surface area contributed by atoms with Gasteiger partial charge in [0.1, 0.15) is 6.79 Å². The van der Waals surface area contributed by atoms with Crippen molar-refractivity contribution in [2.45, 2.75) is 6.42 Å². The van der Waals surface area contributed by atoms with E-state index in [1.807, 2.05) is 0 Å². The van der Waals surface area contributed by atoms with Crippen LogP contribution < -0.4 is 0 Å². The zero-order valence-electron chi connectivity index (χ0n) is 6.75. The van der Waals surface area contributed by atoms with Crippen LogP contribution in [0.2, 0.25) is 0 Å². The Hall–Kier alpha value is 0.170. The minimum atomic E-state index is 0.160. The molecule has 1 N–H and O–H groups in total. The average molecular weight is 183 g/mol. The molecule has 11 heavy (non-hydrogen) atoms. The third kappa shape index (κ3) is 6.56. The third-order valence-corrected chi connectivity index (χ3v) is 1.75. The first-order chi connectivity index (χ1) is 5.35. The van der Waals surface area contributed by atoms with E-state index in [1.54, 1.807) is 7.11 Å². The second-order valence-corrected chi connectivity index (χ2v) is 2.62. The monoisotopic (exact) mass is 182 g/mol. The van der Waals surface area contributed by atoms with Crippen LogP contribution in [-0.4, -0.2) is 38.1 Å². The second-order valence-electron chi connectivity index (χ2n) is 2.31. The van der Waals surface area contributed by atoms with Gasteiger partial charge in [0.15, 0.2) is 0 Å². The Balaban J connectivity index is 3.20. The van der Waals surface area contributed by atoms with Crippen molar-refractivity contribution in [3.05, 3.63) is 0 Å². The van der Waals surface area contributed by atoms with Gasteiger partial charge in [-0.3, -0.25) is 0 Å². The molecule has 0 rings (SSSR count). The fourth-order valence-corrected chi connectivity index (χ4v) is 0.929. The summed E-state index contributed by atoms with van der Waals surface area (Å²) in [5, 5.41) is 8.58. The number of alkyl halides is 1. The Morgan fingerprint density at radius 2 is 2.27 bits per heavy atom. The summed E-state index contributed by atoms with van der Waals surface area (Å²) in [6.07, 6.45) is 0.688. The molecule has 0 saturated heterocycles. The lowest BCUT2D eigenvalue weighted by atomic mass is 10.1. The summed E-state index contributed by atoms with van der Waals surface area (Å²) >= 11 is 5.59. The van der Waals surface area contributed by atoms with E-state index in [9.17, 15) is 0 Å². The average Bonchev–Trinajstić information content (AvgIpc) is 2.03. The lowest BCUT2D eigenvalue weighted by molar-refractivity contribution is -0.0430. The molecule has 0 radical (unpaired) electrons. The van der Waals surface area contributed by atoms with Crippen molar-refractivity contribution in [2.75, 3.05) is 33.0 Å². The van der Waals surface area contributed by atoms with Crippen LogP contribution in [0.4, 0.5) is 0 Å². The molecule has 0 bridgehead atoms. The van der Waals surface area contributed by atoms with E-state index in [4.69, 9.17) is 21.4 Å². The van der Waals surface area contributed by atoms with E-state index in [0.29, 0.717) is 25.7 Å². The molecule has 0 heterocycles. The van der Waals surface area contributed by atoms with E-state index in [-0.39, 0.29) is 12.5 Å². The molecule has 4 heteroatoms. The summed E-state index contributed by atoms with van der Waals surface area (Å²) < 4.78 is 9.76. The zero-order chi connectivity index (χ0) is 8.53. The van der Waals surface area contributed by atoms with Gasteiger partial charge >= 0.3 is 0 Å². The number of aliphatic hydroxyl groups is 1. The summed E-state index contributed by atoms with van der Waals surface area (Å²) in [6, 6.07) is 0. The first-order valence-electron chi connectivity index (χ1n) is 3.58. The summed E-state index contributed by atoms with van der Waals surface area (Å²) in [6.45, 7) is 1.00. The normalized spacial score (nSPS) is 13.4. The topological polar surface area (TPSA) is 38.7 Å². The van der Waals surface area contributed by atoms with Crippen molar-refractivity contribution >= 4 is 11.6 Å². The molecule has 0 aliphatic rings. The molecular formula is C7H15ClO3. The predicted molar refractivity (Wildman–Crippen MR) is 43.7 cm³/mol. The van der Waals surface area contributed by atoms with Crippen LogP contribution in [-0.2, 0) is 9.47 Å². The first kappa shape index (κ1) is 11.2. The fraction of sp³-hybridized carbons (Fsp3) is 1.00. The van der Waals surface area contributed by atoms with Gasteiger partial charge in [-0.1, -0.05) is 0 Å². The van der Waals surface area contributed by atoms with Crippen LogP contribution in [0.15, 0.2) is 0 Å².